The molecule has 1 aliphatic carbocycles. The molecule has 1 aliphatic heterocycles. The lowest BCUT2D eigenvalue weighted by molar-refractivity contribution is 0.0722. The molecule has 110 valence electrons. The van der Waals surface area contributed by atoms with Gasteiger partial charge in [0.25, 0.3) is 10.2 Å². The first-order valence-corrected chi connectivity index (χ1v) is 8.54. The van der Waals surface area contributed by atoms with Gasteiger partial charge in [-0.3, -0.25) is 0 Å². The summed E-state index contributed by atoms with van der Waals surface area (Å²) in [5, 5.41) is 0. The molecule has 0 amide bonds. The van der Waals surface area contributed by atoms with Crippen LogP contribution < -0.4 is 4.72 Å². The lowest BCUT2D eigenvalue weighted by Gasteiger charge is -2.31. The Labute approximate surface area is 120 Å². The monoisotopic (exact) mass is 296 g/mol. The molecular formula is C14H20N2O3S. The number of ether oxygens (including phenoxy) is 1. The Hall–Kier alpha value is -0.950. The number of aryl methyl sites for hydroxylation is 1. The maximum Gasteiger partial charge on any atom is 0.280 e. The van der Waals surface area contributed by atoms with Crippen molar-refractivity contribution in [3.63, 3.8) is 0 Å². The van der Waals surface area contributed by atoms with Crippen molar-refractivity contribution < 1.29 is 13.2 Å². The van der Waals surface area contributed by atoms with Gasteiger partial charge < -0.3 is 4.74 Å². The second-order valence-electron chi connectivity index (χ2n) is 5.28. The number of nitrogens with zero attached hydrogens (tertiary/aromatic N) is 1. The van der Waals surface area contributed by atoms with Crippen molar-refractivity contribution in [2.45, 2.75) is 25.3 Å². The fraction of sp³-hybridized carbons (Fsp3) is 0.571. The number of hydrogen-bond donors (Lipinski definition) is 1. The largest absolute Gasteiger partial charge is 0.379 e. The Morgan fingerprint density at radius 2 is 1.95 bits per heavy atom. The van der Waals surface area contributed by atoms with Crippen LogP contribution in [0.1, 0.15) is 30.0 Å². The van der Waals surface area contributed by atoms with Gasteiger partial charge in [-0.05, 0) is 30.4 Å². The first kappa shape index (κ1) is 14.0. The van der Waals surface area contributed by atoms with Crippen molar-refractivity contribution >= 4 is 10.2 Å². The van der Waals surface area contributed by atoms with Crippen molar-refractivity contribution in [1.29, 1.82) is 0 Å². The lowest BCUT2D eigenvalue weighted by Crippen LogP contribution is -2.47. The minimum Gasteiger partial charge on any atom is -0.379 e. The van der Waals surface area contributed by atoms with E-state index < -0.39 is 10.2 Å². The van der Waals surface area contributed by atoms with Crippen LogP contribution >= 0.6 is 0 Å². The Bertz CT molecular complexity index is 568. The van der Waals surface area contributed by atoms with Gasteiger partial charge in [0.1, 0.15) is 0 Å². The third-order valence-electron chi connectivity index (χ3n) is 3.97. The van der Waals surface area contributed by atoms with E-state index in [4.69, 9.17) is 4.74 Å². The molecule has 1 aromatic carbocycles. The summed E-state index contributed by atoms with van der Waals surface area (Å²) in [7, 11) is -3.42. The minimum atomic E-state index is -3.42. The minimum absolute atomic E-state index is 0.104. The van der Waals surface area contributed by atoms with Gasteiger partial charge in [0.2, 0.25) is 0 Å². The predicted octanol–water partition coefficient (Wildman–Crippen LogP) is 1.23. The highest BCUT2D eigenvalue weighted by Gasteiger charge is 2.29. The molecule has 3 rings (SSSR count). The Balaban J connectivity index is 1.78. The molecule has 1 saturated heterocycles. The highest BCUT2D eigenvalue weighted by molar-refractivity contribution is 7.87. The Morgan fingerprint density at radius 3 is 2.75 bits per heavy atom. The standard InChI is InChI=1S/C14H20N2O3S/c17-20(18,16-8-10-19-11-9-16)15-14-7-3-5-12-4-1-2-6-13(12)14/h1-2,4,6,14-15H,3,5,7-11H2/t14-/m1/s1. The van der Waals surface area contributed by atoms with Crippen molar-refractivity contribution in [2.24, 2.45) is 0 Å². The van der Waals surface area contributed by atoms with E-state index in [0.717, 1.165) is 24.8 Å². The summed E-state index contributed by atoms with van der Waals surface area (Å²) in [5.41, 5.74) is 2.38. The highest BCUT2D eigenvalue weighted by Crippen LogP contribution is 2.30. The van der Waals surface area contributed by atoms with E-state index in [0.29, 0.717) is 26.3 Å². The molecule has 1 atom stereocenters. The van der Waals surface area contributed by atoms with Gasteiger partial charge in [-0.15, -0.1) is 0 Å². The first-order chi connectivity index (χ1) is 9.67. The summed E-state index contributed by atoms with van der Waals surface area (Å²) in [6.07, 6.45) is 2.92. The molecule has 5 nitrogen and oxygen atoms in total. The lowest BCUT2D eigenvalue weighted by atomic mass is 9.88. The summed E-state index contributed by atoms with van der Waals surface area (Å²) in [6, 6.07) is 8.00. The predicted molar refractivity (Wildman–Crippen MR) is 76.6 cm³/mol. The summed E-state index contributed by atoms with van der Waals surface area (Å²) < 4.78 is 34.4. The van der Waals surface area contributed by atoms with Gasteiger partial charge in [0.15, 0.2) is 0 Å². The molecule has 2 aliphatic rings. The second-order valence-corrected chi connectivity index (χ2v) is 6.98. The first-order valence-electron chi connectivity index (χ1n) is 7.10. The molecule has 0 bridgehead atoms. The molecule has 0 radical (unpaired) electrons. The van der Waals surface area contributed by atoms with Crippen LogP contribution in [0.3, 0.4) is 0 Å². The van der Waals surface area contributed by atoms with Crippen LogP contribution in [-0.4, -0.2) is 39.0 Å². The van der Waals surface area contributed by atoms with E-state index in [1.165, 1.54) is 9.87 Å². The van der Waals surface area contributed by atoms with E-state index >= 15 is 0 Å². The summed E-state index contributed by atoms with van der Waals surface area (Å²) in [4.78, 5) is 0. The molecule has 1 aromatic rings. The number of nitrogens with one attached hydrogen (secondary N) is 1. The van der Waals surface area contributed by atoms with Crippen molar-refractivity contribution in [3.8, 4) is 0 Å². The molecular weight excluding hydrogens is 276 g/mol. The number of hydrogen-bond acceptors (Lipinski definition) is 3. The second kappa shape index (κ2) is 5.81. The van der Waals surface area contributed by atoms with Crippen LogP contribution in [0.15, 0.2) is 24.3 Å². The third kappa shape index (κ3) is 2.88. The average molecular weight is 296 g/mol. The van der Waals surface area contributed by atoms with Crippen molar-refractivity contribution in [3.05, 3.63) is 35.4 Å². The van der Waals surface area contributed by atoms with E-state index in [2.05, 4.69) is 10.8 Å². The van der Waals surface area contributed by atoms with E-state index in [9.17, 15) is 8.42 Å². The molecule has 1 N–H and O–H groups in total. The smallest absolute Gasteiger partial charge is 0.280 e. The molecule has 0 spiro atoms. The van der Waals surface area contributed by atoms with Crippen molar-refractivity contribution in [1.82, 2.24) is 9.03 Å². The van der Waals surface area contributed by atoms with Crippen LogP contribution in [0.25, 0.3) is 0 Å². The van der Waals surface area contributed by atoms with Gasteiger partial charge in [-0.25, -0.2) is 0 Å². The van der Waals surface area contributed by atoms with E-state index in [1.807, 2.05) is 18.2 Å². The van der Waals surface area contributed by atoms with Gasteiger partial charge >= 0.3 is 0 Å². The van der Waals surface area contributed by atoms with E-state index in [-0.39, 0.29) is 6.04 Å². The maximum atomic E-state index is 12.4. The fourth-order valence-corrected chi connectivity index (χ4v) is 4.30. The summed E-state index contributed by atoms with van der Waals surface area (Å²) >= 11 is 0. The molecule has 1 heterocycles. The zero-order chi connectivity index (χ0) is 14.0. The molecule has 0 saturated carbocycles. The van der Waals surface area contributed by atoms with Gasteiger partial charge in [0, 0.05) is 19.1 Å². The van der Waals surface area contributed by atoms with Crippen LogP contribution in [0.5, 0.6) is 0 Å². The summed E-state index contributed by atoms with van der Waals surface area (Å²) in [5.74, 6) is 0. The van der Waals surface area contributed by atoms with E-state index in [1.54, 1.807) is 0 Å². The highest BCUT2D eigenvalue weighted by atomic mass is 32.2. The van der Waals surface area contributed by atoms with Crippen LogP contribution in [0.4, 0.5) is 0 Å². The number of fused-ring (bicyclic) bond motifs is 1. The van der Waals surface area contributed by atoms with Gasteiger partial charge in [-0.2, -0.15) is 17.4 Å². The molecule has 0 unspecified atom stereocenters. The SMILES string of the molecule is O=S(=O)(N[C@@H]1CCCc2ccccc21)N1CCOCC1. The van der Waals surface area contributed by atoms with Crippen LogP contribution in [0.2, 0.25) is 0 Å². The zero-order valence-corrected chi connectivity index (χ0v) is 12.2. The quantitative estimate of drug-likeness (QED) is 0.912. The molecule has 6 heteroatoms. The average Bonchev–Trinajstić information content (AvgIpc) is 2.48. The molecule has 20 heavy (non-hydrogen) atoms. The maximum absolute atomic E-state index is 12.4. The van der Waals surface area contributed by atoms with Crippen LogP contribution in [-0.2, 0) is 21.4 Å². The molecule has 1 fully saturated rings. The number of rotatable bonds is 3. The van der Waals surface area contributed by atoms with Gasteiger partial charge in [-0.1, -0.05) is 24.3 Å². The van der Waals surface area contributed by atoms with Crippen LogP contribution in [0, 0.1) is 0 Å². The fourth-order valence-electron chi connectivity index (χ4n) is 2.92. The number of morpholine rings is 1. The van der Waals surface area contributed by atoms with Crippen molar-refractivity contribution in [2.75, 3.05) is 26.3 Å². The number of benzene rings is 1. The Kier molecular flexibility index (Phi) is 4.07. The van der Waals surface area contributed by atoms with Gasteiger partial charge in [0.05, 0.1) is 13.2 Å². The topological polar surface area (TPSA) is 58.6 Å². The summed E-state index contributed by atoms with van der Waals surface area (Å²) in [6.45, 7) is 1.82. The normalized spacial score (nSPS) is 24.3. The Morgan fingerprint density at radius 1 is 1.20 bits per heavy atom. The molecule has 0 aromatic heterocycles. The third-order valence-corrected chi connectivity index (χ3v) is 5.60. The zero-order valence-electron chi connectivity index (χ0n) is 11.4.